The van der Waals surface area contributed by atoms with Crippen LogP contribution in [0.2, 0.25) is 5.02 Å². The number of carbonyl (C=O) groups excluding carboxylic acids is 4. The van der Waals surface area contributed by atoms with E-state index in [2.05, 4.69) is 5.32 Å². The Hall–Kier alpha value is -3.10. The van der Waals surface area contributed by atoms with E-state index in [-0.39, 0.29) is 25.5 Å². The van der Waals surface area contributed by atoms with Gasteiger partial charge in [-0.1, -0.05) is 23.7 Å². The minimum absolute atomic E-state index is 0.0324. The summed E-state index contributed by atoms with van der Waals surface area (Å²) in [6.07, 6.45) is 1.57. The van der Waals surface area contributed by atoms with Crippen molar-refractivity contribution in [3.8, 4) is 0 Å². The summed E-state index contributed by atoms with van der Waals surface area (Å²) in [6.45, 7) is 1.97. The normalized spacial score (nSPS) is 14.8. The average molecular weight is 459 g/mol. The van der Waals surface area contributed by atoms with E-state index >= 15 is 0 Å². The molecule has 2 aromatic carbocycles. The van der Waals surface area contributed by atoms with Gasteiger partial charge in [0.15, 0.2) is 0 Å². The second-order valence-corrected chi connectivity index (χ2v) is 7.91. The second kappa shape index (κ2) is 10.3. The third-order valence-electron chi connectivity index (χ3n) is 4.28. The average Bonchev–Trinajstić information content (AvgIpc) is 3.01. The first-order valence-electron chi connectivity index (χ1n) is 9.45. The molecule has 0 unspecified atom stereocenters. The number of rotatable bonds is 7. The van der Waals surface area contributed by atoms with Gasteiger partial charge < -0.3 is 10.1 Å². The molecular formula is C22H19ClN2O5S. The highest BCUT2D eigenvalue weighted by Gasteiger charge is 2.35. The summed E-state index contributed by atoms with van der Waals surface area (Å²) in [5.41, 5.74) is 1.62. The number of imide groups is 1. The van der Waals surface area contributed by atoms with Gasteiger partial charge >= 0.3 is 5.97 Å². The quantitative estimate of drug-likeness (QED) is 0.482. The number of nitrogens with zero attached hydrogens (tertiary/aromatic N) is 1. The van der Waals surface area contributed by atoms with Gasteiger partial charge in [0.1, 0.15) is 0 Å². The number of amides is 3. The number of nitrogens with one attached hydrogen (secondary N) is 1. The molecule has 3 amide bonds. The number of ether oxygens (including phenoxy) is 1. The first kappa shape index (κ1) is 22.6. The summed E-state index contributed by atoms with van der Waals surface area (Å²) in [4.78, 5) is 49.9. The molecule has 0 saturated carbocycles. The Morgan fingerprint density at radius 2 is 1.77 bits per heavy atom. The molecule has 0 aromatic heterocycles. The van der Waals surface area contributed by atoms with Gasteiger partial charge in [-0.2, -0.15) is 0 Å². The van der Waals surface area contributed by atoms with Crippen molar-refractivity contribution < 1.29 is 23.9 Å². The number of carbonyl (C=O) groups is 4. The molecule has 7 nitrogen and oxygen atoms in total. The lowest BCUT2D eigenvalue weighted by atomic mass is 10.2. The Balaban J connectivity index is 1.55. The lowest BCUT2D eigenvalue weighted by Crippen LogP contribution is -2.31. The van der Waals surface area contributed by atoms with Gasteiger partial charge in [0, 0.05) is 23.7 Å². The van der Waals surface area contributed by atoms with E-state index in [4.69, 9.17) is 16.3 Å². The highest BCUT2D eigenvalue weighted by molar-refractivity contribution is 8.18. The Morgan fingerprint density at radius 3 is 2.42 bits per heavy atom. The van der Waals surface area contributed by atoms with E-state index < -0.39 is 17.1 Å². The Kier molecular flexibility index (Phi) is 7.49. The number of thioether (sulfide) groups is 1. The molecule has 160 valence electrons. The lowest BCUT2D eigenvalue weighted by Gasteiger charge is -2.12. The molecule has 0 radical (unpaired) electrons. The van der Waals surface area contributed by atoms with Crippen LogP contribution in [0.1, 0.15) is 29.3 Å². The van der Waals surface area contributed by atoms with Gasteiger partial charge in [-0.3, -0.25) is 19.3 Å². The van der Waals surface area contributed by atoms with Gasteiger partial charge in [0.25, 0.3) is 11.1 Å². The van der Waals surface area contributed by atoms with Crippen LogP contribution in [0.15, 0.2) is 53.4 Å². The number of anilines is 1. The topological polar surface area (TPSA) is 92.8 Å². The molecule has 9 heteroatoms. The highest BCUT2D eigenvalue weighted by Crippen LogP contribution is 2.32. The zero-order valence-electron chi connectivity index (χ0n) is 16.6. The van der Waals surface area contributed by atoms with Crippen LogP contribution in [0.4, 0.5) is 10.5 Å². The molecule has 0 aliphatic carbocycles. The predicted molar refractivity (Wildman–Crippen MR) is 120 cm³/mol. The summed E-state index contributed by atoms with van der Waals surface area (Å²) in [7, 11) is 0. The smallest absolute Gasteiger partial charge is 0.338 e. The fourth-order valence-electron chi connectivity index (χ4n) is 2.74. The van der Waals surface area contributed by atoms with Crippen molar-refractivity contribution in [2.45, 2.75) is 13.3 Å². The minimum Gasteiger partial charge on any atom is -0.462 e. The molecule has 1 N–H and O–H groups in total. The molecule has 31 heavy (non-hydrogen) atoms. The van der Waals surface area contributed by atoms with Crippen molar-refractivity contribution in [3.63, 3.8) is 0 Å². The number of benzene rings is 2. The number of hydrogen-bond donors (Lipinski definition) is 1. The first-order chi connectivity index (χ1) is 14.9. The maximum atomic E-state index is 12.5. The van der Waals surface area contributed by atoms with Crippen molar-refractivity contribution in [1.82, 2.24) is 4.90 Å². The van der Waals surface area contributed by atoms with E-state index in [1.807, 2.05) is 0 Å². The first-order valence-corrected chi connectivity index (χ1v) is 10.6. The molecule has 0 bridgehead atoms. The molecule has 2 aromatic rings. The van der Waals surface area contributed by atoms with Gasteiger partial charge in [-0.15, -0.1) is 0 Å². The van der Waals surface area contributed by atoms with Crippen LogP contribution in [0.3, 0.4) is 0 Å². The van der Waals surface area contributed by atoms with Crippen molar-refractivity contribution in [1.29, 1.82) is 0 Å². The third kappa shape index (κ3) is 5.96. The molecule has 0 atom stereocenters. The maximum Gasteiger partial charge on any atom is 0.338 e. The van der Waals surface area contributed by atoms with Crippen molar-refractivity contribution in [2.24, 2.45) is 0 Å². The molecule has 1 saturated heterocycles. The SMILES string of the molecule is CCOC(=O)c1ccc(NC(=O)CCN2C(=O)S/C(=C\c3ccc(Cl)cc3)C2=O)cc1. The Morgan fingerprint density at radius 1 is 1.10 bits per heavy atom. The summed E-state index contributed by atoms with van der Waals surface area (Å²) < 4.78 is 4.91. The molecular weight excluding hydrogens is 440 g/mol. The lowest BCUT2D eigenvalue weighted by molar-refractivity contribution is -0.123. The number of hydrogen-bond acceptors (Lipinski definition) is 6. The van der Waals surface area contributed by atoms with E-state index in [0.29, 0.717) is 21.2 Å². The summed E-state index contributed by atoms with van der Waals surface area (Å²) in [5, 5.41) is 2.83. The Bertz CT molecular complexity index is 1030. The standard InChI is InChI=1S/C22H19ClN2O5S/c1-2-30-21(28)15-5-9-17(10-6-15)24-19(26)11-12-25-20(27)18(31-22(25)29)13-14-3-7-16(23)8-4-14/h3-10,13H,2,11-12H2,1H3,(H,24,26)/b18-13-. The zero-order chi connectivity index (χ0) is 22.4. The van der Waals surface area contributed by atoms with Gasteiger partial charge in [-0.25, -0.2) is 4.79 Å². The summed E-state index contributed by atoms with van der Waals surface area (Å²) >= 11 is 6.69. The summed E-state index contributed by atoms with van der Waals surface area (Å²) in [6, 6.07) is 13.1. The maximum absolute atomic E-state index is 12.5. The highest BCUT2D eigenvalue weighted by atomic mass is 35.5. The number of halogens is 1. The van der Waals surface area contributed by atoms with Crippen molar-refractivity contribution >= 4 is 58.1 Å². The van der Waals surface area contributed by atoms with Crippen LogP contribution < -0.4 is 5.32 Å². The summed E-state index contributed by atoms with van der Waals surface area (Å²) in [5.74, 6) is -1.23. The van der Waals surface area contributed by atoms with Crippen LogP contribution in [0.25, 0.3) is 6.08 Å². The number of esters is 1. The molecule has 1 fully saturated rings. The zero-order valence-corrected chi connectivity index (χ0v) is 18.2. The van der Waals surface area contributed by atoms with Crippen LogP contribution in [0, 0.1) is 0 Å². The molecule has 1 aliphatic rings. The van der Waals surface area contributed by atoms with E-state index in [1.165, 1.54) is 0 Å². The van der Waals surface area contributed by atoms with Gasteiger partial charge in [0.05, 0.1) is 17.1 Å². The minimum atomic E-state index is -0.439. The fourth-order valence-corrected chi connectivity index (χ4v) is 3.74. The Labute approximate surface area is 188 Å². The van der Waals surface area contributed by atoms with Crippen molar-refractivity contribution in [3.05, 3.63) is 69.6 Å². The van der Waals surface area contributed by atoms with E-state index in [1.54, 1.807) is 61.5 Å². The van der Waals surface area contributed by atoms with Crippen molar-refractivity contribution in [2.75, 3.05) is 18.5 Å². The van der Waals surface area contributed by atoms with Gasteiger partial charge in [0.2, 0.25) is 5.91 Å². The molecule has 1 aliphatic heterocycles. The largest absolute Gasteiger partial charge is 0.462 e. The fraction of sp³-hybridized carbons (Fsp3) is 0.182. The van der Waals surface area contributed by atoms with Crippen LogP contribution in [-0.2, 0) is 14.3 Å². The van der Waals surface area contributed by atoms with Crippen LogP contribution >= 0.6 is 23.4 Å². The molecule has 3 rings (SSSR count). The third-order valence-corrected chi connectivity index (χ3v) is 5.44. The van der Waals surface area contributed by atoms with Crippen LogP contribution in [-0.4, -0.2) is 41.1 Å². The monoisotopic (exact) mass is 458 g/mol. The van der Waals surface area contributed by atoms with Crippen LogP contribution in [0.5, 0.6) is 0 Å². The van der Waals surface area contributed by atoms with Gasteiger partial charge in [-0.05, 0) is 66.7 Å². The second-order valence-electron chi connectivity index (χ2n) is 6.48. The molecule has 0 spiro atoms. The van der Waals surface area contributed by atoms with E-state index in [0.717, 1.165) is 22.2 Å². The predicted octanol–water partition coefficient (Wildman–Crippen LogP) is 4.58. The van der Waals surface area contributed by atoms with E-state index in [9.17, 15) is 19.2 Å². The molecule has 1 heterocycles.